The van der Waals surface area contributed by atoms with Crippen molar-refractivity contribution in [3.63, 3.8) is 0 Å². The van der Waals surface area contributed by atoms with Gasteiger partial charge in [-0.05, 0) is 44.2 Å². The van der Waals surface area contributed by atoms with E-state index in [1.54, 1.807) is 20.0 Å². The van der Waals surface area contributed by atoms with Crippen molar-refractivity contribution in [2.24, 2.45) is 0 Å². The first-order valence-electron chi connectivity index (χ1n) is 8.84. The molecule has 1 N–H and O–H groups in total. The van der Waals surface area contributed by atoms with Gasteiger partial charge in [0.25, 0.3) is 0 Å². The van der Waals surface area contributed by atoms with Crippen molar-refractivity contribution in [2.45, 2.75) is 46.1 Å². The average molecular weight is 344 g/mol. The van der Waals surface area contributed by atoms with Crippen LogP contribution < -0.4 is 0 Å². The SMILES string of the molecule is CCOC(=O)C1=CCC(CC)c2c1[nH]c1c2C=CN(C(=O)OCC)C1. The standard InChI is InChI=1S/C19H24N2O4/c1-4-12-7-8-14(18(22)24-5-2)17-16(12)13-9-10-21(11-15(13)20-17)19(23)25-6-3/h8-10,12,20H,4-7,11H2,1-3H3. The zero-order valence-corrected chi connectivity index (χ0v) is 14.9. The van der Waals surface area contributed by atoms with Gasteiger partial charge in [-0.2, -0.15) is 0 Å². The molecule has 6 nitrogen and oxygen atoms in total. The third kappa shape index (κ3) is 3.08. The smallest absolute Gasteiger partial charge is 0.414 e. The van der Waals surface area contributed by atoms with Gasteiger partial charge in [0.05, 0.1) is 31.0 Å². The summed E-state index contributed by atoms with van der Waals surface area (Å²) in [5.74, 6) is 0.0510. The van der Waals surface area contributed by atoms with Crippen LogP contribution in [-0.4, -0.2) is 35.2 Å². The molecule has 2 heterocycles. The number of hydrogen-bond acceptors (Lipinski definition) is 4. The van der Waals surface area contributed by atoms with Crippen LogP contribution in [-0.2, 0) is 20.8 Å². The van der Waals surface area contributed by atoms with Crippen molar-refractivity contribution in [3.05, 3.63) is 34.8 Å². The lowest BCUT2D eigenvalue weighted by Crippen LogP contribution is -2.28. The molecule has 1 amide bonds. The lowest BCUT2D eigenvalue weighted by molar-refractivity contribution is -0.136. The van der Waals surface area contributed by atoms with Crippen LogP contribution >= 0.6 is 0 Å². The van der Waals surface area contributed by atoms with Gasteiger partial charge >= 0.3 is 12.1 Å². The highest BCUT2D eigenvalue weighted by Crippen LogP contribution is 2.42. The molecule has 1 aromatic heterocycles. The van der Waals surface area contributed by atoms with Gasteiger partial charge in [-0.1, -0.05) is 13.0 Å². The number of esters is 1. The molecule has 1 atom stereocenters. The summed E-state index contributed by atoms with van der Waals surface area (Å²) in [5.41, 5.74) is 4.58. The lowest BCUT2D eigenvalue weighted by atomic mass is 9.83. The maximum Gasteiger partial charge on any atom is 0.414 e. The Bertz CT molecular complexity index is 745. The van der Waals surface area contributed by atoms with Gasteiger partial charge in [-0.15, -0.1) is 0 Å². The van der Waals surface area contributed by atoms with Crippen LogP contribution in [0.25, 0.3) is 11.6 Å². The zero-order chi connectivity index (χ0) is 18.0. The van der Waals surface area contributed by atoms with Crippen LogP contribution in [0.3, 0.4) is 0 Å². The second-order valence-electron chi connectivity index (χ2n) is 6.13. The van der Waals surface area contributed by atoms with Crippen molar-refractivity contribution in [1.29, 1.82) is 0 Å². The highest BCUT2D eigenvalue weighted by Gasteiger charge is 2.32. The van der Waals surface area contributed by atoms with Gasteiger partial charge in [0.1, 0.15) is 0 Å². The van der Waals surface area contributed by atoms with E-state index in [-0.39, 0.29) is 12.1 Å². The fraction of sp³-hybridized carbons (Fsp3) is 0.474. The van der Waals surface area contributed by atoms with Crippen molar-refractivity contribution in [1.82, 2.24) is 9.88 Å². The first-order chi connectivity index (χ1) is 12.1. The summed E-state index contributed by atoms with van der Waals surface area (Å²) < 4.78 is 10.3. The number of nitrogens with zero attached hydrogens (tertiary/aromatic N) is 1. The van der Waals surface area contributed by atoms with Crippen molar-refractivity contribution < 1.29 is 19.1 Å². The first kappa shape index (κ1) is 17.3. The monoisotopic (exact) mass is 344 g/mol. The Hall–Kier alpha value is -2.50. The quantitative estimate of drug-likeness (QED) is 0.843. The topological polar surface area (TPSA) is 71.6 Å². The molecule has 0 aromatic carbocycles. The molecule has 0 spiro atoms. The van der Waals surface area contributed by atoms with Gasteiger partial charge in [-0.25, -0.2) is 9.59 Å². The summed E-state index contributed by atoms with van der Waals surface area (Å²) in [6.07, 6.45) is 7.08. The summed E-state index contributed by atoms with van der Waals surface area (Å²) in [6, 6.07) is 0. The first-order valence-corrected chi connectivity index (χ1v) is 8.84. The fourth-order valence-electron chi connectivity index (χ4n) is 3.50. The number of H-pyrrole nitrogens is 1. The number of ether oxygens (including phenoxy) is 2. The van der Waals surface area contributed by atoms with Gasteiger partial charge in [0, 0.05) is 17.5 Å². The molecule has 0 bridgehead atoms. The average Bonchev–Trinajstić information content (AvgIpc) is 2.99. The van der Waals surface area contributed by atoms with Crippen LogP contribution in [0.4, 0.5) is 4.79 Å². The molecular formula is C19H24N2O4. The van der Waals surface area contributed by atoms with E-state index in [1.165, 1.54) is 4.90 Å². The van der Waals surface area contributed by atoms with E-state index >= 15 is 0 Å². The molecule has 0 fully saturated rings. The van der Waals surface area contributed by atoms with Crippen molar-refractivity contribution in [3.8, 4) is 0 Å². The molecule has 1 aliphatic heterocycles. The Kier molecular flexibility index (Phi) is 4.97. The minimum atomic E-state index is -0.370. The van der Waals surface area contributed by atoms with Crippen LogP contribution in [0, 0.1) is 0 Å². The Balaban J connectivity index is 1.98. The summed E-state index contributed by atoms with van der Waals surface area (Å²) in [5, 5.41) is 0. The van der Waals surface area contributed by atoms with E-state index in [0.29, 0.717) is 31.2 Å². The van der Waals surface area contributed by atoms with E-state index in [2.05, 4.69) is 11.9 Å². The van der Waals surface area contributed by atoms with Gasteiger partial charge in [-0.3, -0.25) is 4.90 Å². The molecule has 1 aromatic rings. The summed E-state index contributed by atoms with van der Waals surface area (Å²) in [7, 11) is 0. The molecule has 0 saturated heterocycles. The van der Waals surface area contributed by atoms with Crippen LogP contribution in [0.15, 0.2) is 12.3 Å². The number of aromatic nitrogens is 1. The number of hydrogen-bond donors (Lipinski definition) is 1. The molecule has 1 aliphatic carbocycles. The van der Waals surface area contributed by atoms with Gasteiger partial charge in [0.15, 0.2) is 0 Å². The lowest BCUT2D eigenvalue weighted by Gasteiger charge is -2.23. The van der Waals surface area contributed by atoms with Crippen molar-refractivity contribution in [2.75, 3.05) is 13.2 Å². The highest BCUT2D eigenvalue weighted by molar-refractivity contribution is 6.17. The molecule has 0 saturated carbocycles. The second-order valence-corrected chi connectivity index (χ2v) is 6.13. The number of nitrogens with one attached hydrogen (secondary N) is 1. The molecule has 2 aliphatic rings. The third-order valence-corrected chi connectivity index (χ3v) is 4.68. The van der Waals surface area contributed by atoms with Gasteiger partial charge < -0.3 is 14.5 Å². The highest BCUT2D eigenvalue weighted by atomic mass is 16.6. The molecule has 134 valence electrons. The number of rotatable bonds is 4. The summed E-state index contributed by atoms with van der Waals surface area (Å²) >= 11 is 0. The van der Waals surface area contributed by atoms with Crippen molar-refractivity contribution >= 4 is 23.7 Å². The Morgan fingerprint density at radius 3 is 2.68 bits per heavy atom. The Morgan fingerprint density at radius 1 is 1.24 bits per heavy atom. The molecule has 6 heteroatoms. The Morgan fingerprint density at radius 2 is 2.00 bits per heavy atom. The third-order valence-electron chi connectivity index (χ3n) is 4.68. The number of fused-ring (bicyclic) bond motifs is 3. The predicted octanol–water partition coefficient (Wildman–Crippen LogP) is 3.80. The Labute approximate surface area is 147 Å². The van der Waals surface area contributed by atoms with Gasteiger partial charge in [0.2, 0.25) is 0 Å². The molecule has 1 unspecified atom stereocenters. The molecule has 25 heavy (non-hydrogen) atoms. The van der Waals surface area contributed by atoms with Crippen LogP contribution in [0.2, 0.25) is 0 Å². The van der Waals surface area contributed by atoms with Crippen LogP contribution in [0.5, 0.6) is 0 Å². The zero-order valence-electron chi connectivity index (χ0n) is 14.9. The maximum atomic E-state index is 12.3. The maximum absolute atomic E-state index is 12.3. The van der Waals surface area contributed by atoms with E-state index in [4.69, 9.17) is 9.47 Å². The number of aromatic amines is 1. The van der Waals surface area contributed by atoms with Crippen LogP contribution in [0.1, 0.15) is 62.0 Å². The number of carbonyl (C=O) groups is 2. The fourth-order valence-corrected chi connectivity index (χ4v) is 3.50. The second kappa shape index (κ2) is 7.17. The number of amides is 1. The summed E-state index contributed by atoms with van der Waals surface area (Å²) in [4.78, 5) is 29.2. The van der Waals surface area contributed by atoms with E-state index in [1.807, 2.05) is 12.2 Å². The number of allylic oxidation sites excluding steroid dienone is 1. The largest absolute Gasteiger partial charge is 0.462 e. The molecule has 3 rings (SSSR count). The molecular weight excluding hydrogens is 320 g/mol. The van der Waals surface area contributed by atoms with E-state index < -0.39 is 0 Å². The minimum Gasteiger partial charge on any atom is -0.462 e. The number of carbonyl (C=O) groups excluding carboxylic acids is 2. The minimum absolute atomic E-state index is 0.303. The molecule has 0 radical (unpaired) electrons. The van der Waals surface area contributed by atoms with E-state index in [0.717, 1.165) is 35.4 Å². The predicted molar refractivity (Wildman–Crippen MR) is 94.7 cm³/mol. The normalized spacial score (nSPS) is 18.3. The van der Waals surface area contributed by atoms with E-state index in [9.17, 15) is 9.59 Å². The summed E-state index contributed by atoms with van der Waals surface area (Å²) in [6.45, 7) is 6.83.